The fourth-order valence-corrected chi connectivity index (χ4v) is 4.42. The highest BCUT2D eigenvalue weighted by molar-refractivity contribution is 7.20. The molecule has 134 valence electrons. The molecule has 1 amide bonds. The number of aryl methyl sites for hydroxylation is 2. The van der Waals surface area contributed by atoms with E-state index >= 15 is 0 Å². The number of fused-ring (bicyclic) bond motifs is 1. The maximum atomic E-state index is 13.3. The van der Waals surface area contributed by atoms with E-state index in [2.05, 4.69) is 20.2 Å². The Bertz CT molecular complexity index is 995. The second-order valence-electron chi connectivity index (χ2n) is 6.54. The van der Waals surface area contributed by atoms with Crippen LogP contribution in [0.15, 0.2) is 24.5 Å². The topological polar surface area (TPSA) is 58.1 Å². The number of amides is 1. The van der Waals surface area contributed by atoms with Crippen LogP contribution in [0, 0.1) is 19.7 Å². The van der Waals surface area contributed by atoms with Crippen LogP contribution >= 0.6 is 11.3 Å². The Morgan fingerprint density at radius 2 is 2.00 bits per heavy atom. The highest BCUT2D eigenvalue weighted by Gasteiger charge is 2.23. The van der Waals surface area contributed by atoms with Crippen molar-refractivity contribution in [2.24, 2.45) is 0 Å². The van der Waals surface area contributed by atoms with Gasteiger partial charge in [0.1, 0.15) is 22.8 Å². The standard InChI is InChI=1S/C19H19FN4OS/c1-11-9-13(20)5-6-14(11)23-18(25)16-12(2)15-17(24-7-3-4-8-24)21-10-22-19(15)26-16/h5-6,9-10H,3-4,7-8H2,1-2H3,(H,23,25). The van der Waals surface area contributed by atoms with E-state index in [9.17, 15) is 9.18 Å². The molecule has 3 aromatic rings. The quantitative estimate of drug-likeness (QED) is 0.747. The van der Waals surface area contributed by atoms with Gasteiger partial charge in [0.2, 0.25) is 0 Å². The summed E-state index contributed by atoms with van der Waals surface area (Å²) >= 11 is 1.37. The number of rotatable bonds is 3. The van der Waals surface area contributed by atoms with Crippen LogP contribution in [0.3, 0.4) is 0 Å². The molecular formula is C19H19FN4OS. The van der Waals surface area contributed by atoms with Crippen LogP contribution in [-0.4, -0.2) is 29.0 Å². The molecule has 4 rings (SSSR count). The van der Waals surface area contributed by atoms with Crippen LogP contribution in [0.1, 0.15) is 33.6 Å². The molecule has 3 heterocycles. The van der Waals surface area contributed by atoms with E-state index in [0.717, 1.165) is 47.5 Å². The first-order chi connectivity index (χ1) is 12.5. The summed E-state index contributed by atoms with van der Waals surface area (Å²) in [5.74, 6) is 0.398. The number of anilines is 2. The number of hydrogen-bond donors (Lipinski definition) is 1. The van der Waals surface area contributed by atoms with E-state index in [1.165, 1.54) is 23.5 Å². The average molecular weight is 370 g/mol. The zero-order chi connectivity index (χ0) is 18.3. The number of carbonyl (C=O) groups is 1. The number of nitrogens with zero attached hydrogens (tertiary/aromatic N) is 3. The maximum absolute atomic E-state index is 13.3. The fraction of sp³-hybridized carbons (Fsp3) is 0.316. The van der Waals surface area contributed by atoms with E-state index in [0.29, 0.717) is 16.1 Å². The molecule has 0 aliphatic carbocycles. The Morgan fingerprint density at radius 1 is 1.23 bits per heavy atom. The number of benzene rings is 1. The lowest BCUT2D eigenvalue weighted by Crippen LogP contribution is -2.19. The zero-order valence-electron chi connectivity index (χ0n) is 14.7. The minimum atomic E-state index is -0.316. The van der Waals surface area contributed by atoms with Crippen molar-refractivity contribution in [1.29, 1.82) is 0 Å². The van der Waals surface area contributed by atoms with Gasteiger partial charge in [0.05, 0.1) is 10.3 Å². The number of hydrogen-bond acceptors (Lipinski definition) is 5. The lowest BCUT2D eigenvalue weighted by Gasteiger charge is -2.17. The van der Waals surface area contributed by atoms with Crippen molar-refractivity contribution in [2.75, 3.05) is 23.3 Å². The van der Waals surface area contributed by atoms with Gasteiger partial charge in [0, 0.05) is 18.8 Å². The van der Waals surface area contributed by atoms with Crippen LogP contribution in [0.25, 0.3) is 10.2 Å². The molecule has 1 aliphatic heterocycles. The largest absolute Gasteiger partial charge is 0.356 e. The first-order valence-electron chi connectivity index (χ1n) is 8.61. The van der Waals surface area contributed by atoms with Gasteiger partial charge >= 0.3 is 0 Å². The Hall–Kier alpha value is -2.54. The summed E-state index contributed by atoms with van der Waals surface area (Å²) < 4.78 is 13.3. The second-order valence-corrected chi connectivity index (χ2v) is 7.54. The summed E-state index contributed by atoms with van der Waals surface area (Å²) in [6, 6.07) is 4.34. The molecule has 5 nitrogen and oxygen atoms in total. The molecule has 0 radical (unpaired) electrons. The van der Waals surface area contributed by atoms with E-state index in [1.54, 1.807) is 19.3 Å². The van der Waals surface area contributed by atoms with Gasteiger partial charge < -0.3 is 10.2 Å². The minimum absolute atomic E-state index is 0.201. The Balaban J connectivity index is 1.71. The maximum Gasteiger partial charge on any atom is 0.266 e. The lowest BCUT2D eigenvalue weighted by molar-refractivity contribution is 0.103. The van der Waals surface area contributed by atoms with E-state index in [1.807, 2.05) is 6.92 Å². The van der Waals surface area contributed by atoms with E-state index < -0.39 is 0 Å². The molecule has 1 saturated heterocycles. The molecule has 1 fully saturated rings. The van der Waals surface area contributed by atoms with Crippen molar-refractivity contribution in [3.05, 3.63) is 46.3 Å². The zero-order valence-corrected chi connectivity index (χ0v) is 15.5. The molecule has 2 aromatic heterocycles. The third kappa shape index (κ3) is 2.92. The molecule has 26 heavy (non-hydrogen) atoms. The van der Waals surface area contributed by atoms with Crippen molar-refractivity contribution < 1.29 is 9.18 Å². The summed E-state index contributed by atoms with van der Waals surface area (Å²) in [6.07, 6.45) is 3.88. The number of halogens is 1. The number of nitrogens with one attached hydrogen (secondary N) is 1. The predicted molar refractivity (Wildman–Crippen MR) is 103 cm³/mol. The number of thiophene rings is 1. The second kappa shape index (κ2) is 6.64. The summed E-state index contributed by atoms with van der Waals surface area (Å²) in [4.78, 5) is 25.4. The Labute approximate surface area is 154 Å². The van der Waals surface area contributed by atoms with Crippen molar-refractivity contribution >= 4 is 39.0 Å². The smallest absolute Gasteiger partial charge is 0.266 e. The normalized spacial score (nSPS) is 14.2. The van der Waals surface area contributed by atoms with Crippen LogP contribution in [-0.2, 0) is 0 Å². The van der Waals surface area contributed by atoms with Crippen molar-refractivity contribution in [3.8, 4) is 0 Å². The molecule has 0 saturated carbocycles. The van der Waals surface area contributed by atoms with Gasteiger partial charge in [-0.1, -0.05) is 0 Å². The fourth-order valence-electron chi connectivity index (χ4n) is 3.38. The van der Waals surface area contributed by atoms with Gasteiger partial charge in [-0.05, 0) is 56.0 Å². The molecule has 0 unspecified atom stereocenters. The van der Waals surface area contributed by atoms with E-state index in [-0.39, 0.29) is 11.7 Å². The number of aromatic nitrogens is 2. The predicted octanol–water partition coefficient (Wildman–Crippen LogP) is 4.30. The Kier molecular flexibility index (Phi) is 4.32. The van der Waals surface area contributed by atoms with Crippen molar-refractivity contribution in [2.45, 2.75) is 26.7 Å². The van der Waals surface area contributed by atoms with Crippen molar-refractivity contribution in [3.63, 3.8) is 0 Å². The summed E-state index contributed by atoms with van der Waals surface area (Å²) in [6.45, 7) is 5.68. The molecule has 7 heteroatoms. The van der Waals surface area contributed by atoms with Crippen LogP contribution in [0.5, 0.6) is 0 Å². The third-order valence-corrected chi connectivity index (χ3v) is 5.95. The molecular weight excluding hydrogens is 351 g/mol. The van der Waals surface area contributed by atoms with Crippen LogP contribution < -0.4 is 10.2 Å². The van der Waals surface area contributed by atoms with Crippen molar-refractivity contribution in [1.82, 2.24) is 9.97 Å². The van der Waals surface area contributed by atoms with Gasteiger partial charge in [0.25, 0.3) is 5.91 Å². The summed E-state index contributed by atoms with van der Waals surface area (Å²) in [5, 5.41) is 3.85. The first kappa shape index (κ1) is 16.9. The highest BCUT2D eigenvalue weighted by Crippen LogP contribution is 2.36. The van der Waals surface area contributed by atoms with Crippen LogP contribution in [0.2, 0.25) is 0 Å². The lowest BCUT2D eigenvalue weighted by atomic mass is 10.1. The van der Waals surface area contributed by atoms with Gasteiger partial charge in [-0.15, -0.1) is 11.3 Å². The number of carbonyl (C=O) groups excluding carboxylic acids is 1. The van der Waals surface area contributed by atoms with Crippen LogP contribution in [0.4, 0.5) is 15.9 Å². The molecule has 0 atom stereocenters. The molecule has 1 aromatic carbocycles. The molecule has 0 spiro atoms. The highest BCUT2D eigenvalue weighted by atomic mass is 32.1. The summed E-state index contributed by atoms with van der Waals surface area (Å²) in [7, 11) is 0. The average Bonchev–Trinajstić information content (AvgIpc) is 3.26. The first-order valence-corrected chi connectivity index (χ1v) is 9.43. The van der Waals surface area contributed by atoms with Gasteiger partial charge in [-0.3, -0.25) is 4.79 Å². The van der Waals surface area contributed by atoms with Gasteiger partial charge in [-0.25, -0.2) is 14.4 Å². The monoisotopic (exact) mass is 370 g/mol. The van der Waals surface area contributed by atoms with Gasteiger partial charge in [-0.2, -0.15) is 0 Å². The molecule has 1 aliphatic rings. The third-order valence-electron chi connectivity index (χ3n) is 4.76. The Morgan fingerprint density at radius 3 is 2.73 bits per heavy atom. The summed E-state index contributed by atoms with van der Waals surface area (Å²) in [5.41, 5.74) is 2.19. The minimum Gasteiger partial charge on any atom is -0.356 e. The van der Waals surface area contributed by atoms with E-state index in [4.69, 9.17) is 0 Å². The molecule has 1 N–H and O–H groups in total. The van der Waals surface area contributed by atoms with Gasteiger partial charge in [0.15, 0.2) is 0 Å². The SMILES string of the molecule is Cc1cc(F)ccc1NC(=O)c1sc2ncnc(N3CCCC3)c2c1C. The molecule has 0 bridgehead atoms.